The van der Waals surface area contributed by atoms with Crippen molar-refractivity contribution in [3.05, 3.63) is 23.2 Å². The van der Waals surface area contributed by atoms with Crippen LogP contribution in [0.4, 0.5) is 5.95 Å². The molecule has 2 aromatic rings. The van der Waals surface area contributed by atoms with E-state index in [-0.39, 0.29) is 0 Å². The van der Waals surface area contributed by atoms with Crippen molar-refractivity contribution in [2.24, 2.45) is 0 Å². The molecule has 4 nitrogen and oxygen atoms in total. The van der Waals surface area contributed by atoms with Gasteiger partial charge in [0.25, 0.3) is 0 Å². The van der Waals surface area contributed by atoms with E-state index in [1.165, 1.54) is 25.7 Å². The van der Waals surface area contributed by atoms with Crippen LogP contribution in [0.2, 0.25) is 5.02 Å². The van der Waals surface area contributed by atoms with Gasteiger partial charge in [-0.25, -0.2) is 4.98 Å². The maximum absolute atomic E-state index is 6.03. The van der Waals surface area contributed by atoms with Gasteiger partial charge < -0.3 is 15.2 Å². The molecule has 0 unspecified atom stereocenters. The van der Waals surface area contributed by atoms with Gasteiger partial charge >= 0.3 is 0 Å². The van der Waals surface area contributed by atoms with Crippen molar-refractivity contribution >= 4 is 28.6 Å². The van der Waals surface area contributed by atoms with E-state index in [1.807, 2.05) is 18.2 Å². The molecule has 0 amide bonds. The smallest absolute Gasteiger partial charge is 0.201 e. The number of nitrogen functional groups attached to an aromatic ring is 1. The second-order valence-electron chi connectivity index (χ2n) is 5.67. The third kappa shape index (κ3) is 2.63. The molecule has 1 saturated carbocycles. The molecular formula is C15H21ClN4. The SMILES string of the molecule is CN(CCn1c(N)nc2cc(Cl)ccc21)C1CCCC1. The second kappa shape index (κ2) is 5.62. The Balaban J connectivity index is 1.75. The third-order valence-corrected chi connectivity index (χ3v) is 4.60. The van der Waals surface area contributed by atoms with Gasteiger partial charge in [-0.2, -0.15) is 0 Å². The van der Waals surface area contributed by atoms with Gasteiger partial charge in [-0.15, -0.1) is 0 Å². The fourth-order valence-corrected chi connectivity index (χ4v) is 3.31. The van der Waals surface area contributed by atoms with Gasteiger partial charge in [0.1, 0.15) is 0 Å². The number of halogens is 1. The first-order valence-electron chi connectivity index (χ1n) is 7.26. The summed E-state index contributed by atoms with van der Waals surface area (Å²) in [4.78, 5) is 6.84. The number of nitrogens with two attached hydrogens (primary N) is 1. The first kappa shape index (κ1) is 13.7. The molecule has 0 saturated heterocycles. The Morgan fingerprint density at radius 2 is 2.15 bits per heavy atom. The summed E-state index contributed by atoms with van der Waals surface area (Å²) in [5.41, 5.74) is 7.97. The van der Waals surface area contributed by atoms with Crippen LogP contribution < -0.4 is 5.73 Å². The van der Waals surface area contributed by atoms with Crippen molar-refractivity contribution in [3.63, 3.8) is 0 Å². The monoisotopic (exact) mass is 292 g/mol. The lowest BCUT2D eigenvalue weighted by molar-refractivity contribution is 0.238. The molecule has 1 aromatic heterocycles. The highest BCUT2D eigenvalue weighted by Gasteiger charge is 2.19. The highest BCUT2D eigenvalue weighted by Crippen LogP contribution is 2.24. The summed E-state index contributed by atoms with van der Waals surface area (Å²) in [6.45, 7) is 1.87. The molecule has 1 aromatic carbocycles. The van der Waals surface area contributed by atoms with Gasteiger partial charge in [-0.1, -0.05) is 24.4 Å². The number of fused-ring (bicyclic) bond motifs is 1. The van der Waals surface area contributed by atoms with E-state index in [9.17, 15) is 0 Å². The number of benzene rings is 1. The molecule has 0 aliphatic heterocycles. The molecule has 0 bridgehead atoms. The van der Waals surface area contributed by atoms with E-state index in [0.717, 1.165) is 30.2 Å². The van der Waals surface area contributed by atoms with Crippen molar-refractivity contribution in [1.29, 1.82) is 0 Å². The largest absolute Gasteiger partial charge is 0.369 e. The fraction of sp³-hybridized carbons (Fsp3) is 0.533. The Bertz CT molecular complexity index is 601. The maximum atomic E-state index is 6.03. The number of anilines is 1. The molecule has 1 fully saturated rings. The summed E-state index contributed by atoms with van der Waals surface area (Å²) in [5.74, 6) is 0.571. The van der Waals surface area contributed by atoms with E-state index < -0.39 is 0 Å². The predicted molar refractivity (Wildman–Crippen MR) is 84.0 cm³/mol. The standard InChI is InChI=1S/C15H21ClN4/c1-19(12-4-2-3-5-12)8-9-20-14-7-6-11(16)10-13(14)18-15(20)17/h6-7,10,12H,2-5,8-9H2,1H3,(H2,17,18). The van der Waals surface area contributed by atoms with Gasteiger partial charge in [0.15, 0.2) is 0 Å². The van der Waals surface area contributed by atoms with Crippen molar-refractivity contribution < 1.29 is 0 Å². The third-order valence-electron chi connectivity index (χ3n) is 4.36. The highest BCUT2D eigenvalue weighted by molar-refractivity contribution is 6.31. The topological polar surface area (TPSA) is 47.1 Å². The highest BCUT2D eigenvalue weighted by atomic mass is 35.5. The molecule has 1 aliphatic carbocycles. The van der Waals surface area contributed by atoms with Crippen molar-refractivity contribution in [2.75, 3.05) is 19.3 Å². The Hall–Kier alpha value is -1.26. The molecule has 0 atom stereocenters. The number of hydrogen-bond donors (Lipinski definition) is 1. The van der Waals surface area contributed by atoms with Gasteiger partial charge in [0.05, 0.1) is 11.0 Å². The Kier molecular flexibility index (Phi) is 3.85. The van der Waals surface area contributed by atoms with Crippen LogP contribution in [0.5, 0.6) is 0 Å². The van der Waals surface area contributed by atoms with E-state index in [0.29, 0.717) is 11.0 Å². The summed E-state index contributed by atoms with van der Waals surface area (Å²) in [6.07, 6.45) is 5.38. The van der Waals surface area contributed by atoms with Crippen molar-refractivity contribution in [1.82, 2.24) is 14.5 Å². The zero-order chi connectivity index (χ0) is 14.1. The molecule has 3 rings (SSSR count). The lowest BCUT2D eigenvalue weighted by Gasteiger charge is -2.24. The molecule has 2 N–H and O–H groups in total. The zero-order valence-electron chi connectivity index (χ0n) is 11.8. The zero-order valence-corrected chi connectivity index (χ0v) is 12.6. The van der Waals surface area contributed by atoms with Crippen LogP contribution in [-0.4, -0.2) is 34.1 Å². The number of aromatic nitrogens is 2. The number of nitrogens with zero attached hydrogens (tertiary/aromatic N) is 3. The van der Waals surface area contributed by atoms with Gasteiger partial charge in [0.2, 0.25) is 5.95 Å². The number of hydrogen-bond acceptors (Lipinski definition) is 3. The predicted octanol–water partition coefficient (Wildman–Crippen LogP) is 3.15. The first-order chi connectivity index (χ1) is 9.65. The van der Waals surface area contributed by atoms with Gasteiger partial charge in [0, 0.05) is 24.2 Å². The van der Waals surface area contributed by atoms with E-state index >= 15 is 0 Å². The molecule has 0 spiro atoms. The Labute approximate surface area is 124 Å². The summed E-state index contributed by atoms with van der Waals surface area (Å²) in [7, 11) is 2.21. The van der Waals surface area contributed by atoms with Crippen LogP contribution in [-0.2, 0) is 6.54 Å². The van der Waals surface area contributed by atoms with E-state index in [4.69, 9.17) is 17.3 Å². The second-order valence-corrected chi connectivity index (χ2v) is 6.11. The molecular weight excluding hydrogens is 272 g/mol. The van der Waals surface area contributed by atoms with Crippen LogP contribution in [0.3, 0.4) is 0 Å². The maximum Gasteiger partial charge on any atom is 0.201 e. The van der Waals surface area contributed by atoms with Crippen LogP contribution in [0.15, 0.2) is 18.2 Å². The average Bonchev–Trinajstić information content (AvgIpc) is 3.03. The van der Waals surface area contributed by atoms with Gasteiger partial charge in [-0.05, 0) is 38.1 Å². The van der Waals surface area contributed by atoms with Crippen molar-refractivity contribution in [2.45, 2.75) is 38.3 Å². The molecule has 0 radical (unpaired) electrons. The summed E-state index contributed by atoms with van der Waals surface area (Å²) in [6, 6.07) is 6.49. The normalized spacial score (nSPS) is 16.6. The first-order valence-corrected chi connectivity index (χ1v) is 7.64. The Morgan fingerprint density at radius 3 is 2.90 bits per heavy atom. The van der Waals surface area contributed by atoms with Crippen LogP contribution in [0.1, 0.15) is 25.7 Å². The Morgan fingerprint density at radius 1 is 1.40 bits per heavy atom. The van der Waals surface area contributed by atoms with Crippen LogP contribution in [0, 0.1) is 0 Å². The average molecular weight is 293 g/mol. The minimum absolute atomic E-state index is 0.571. The molecule has 5 heteroatoms. The number of likely N-dealkylation sites (N-methyl/N-ethyl adjacent to an activating group) is 1. The molecule has 1 heterocycles. The van der Waals surface area contributed by atoms with Gasteiger partial charge in [-0.3, -0.25) is 0 Å². The van der Waals surface area contributed by atoms with E-state index in [1.54, 1.807) is 0 Å². The lowest BCUT2D eigenvalue weighted by Crippen LogP contribution is -2.32. The molecule has 108 valence electrons. The quantitative estimate of drug-likeness (QED) is 0.942. The van der Waals surface area contributed by atoms with Crippen LogP contribution >= 0.6 is 11.6 Å². The summed E-state index contributed by atoms with van der Waals surface area (Å²) in [5, 5.41) is 0.699. The molecule has 1 aliphatic rings. The van der Waals surface area contributed by atoms with Crippen LogP contribution in [0.25, 0.3) is 11.0 Å². The molecule has 20 heavy (non-hydrogen) atoms. The fourth-order valence-electron chi connectivity index (χ4n) is 3.14. The number of imidazole rings is 1. The summed E-state index contributed by atoms with van der Waals surface area (Å²) >= 11 is 6.00. The minimum atomic E-state index is 0.571. The number of rotatable bonds is 4. The van der Waals surface area contributed by atoms with E-state index in [2.05, 4.69) is 21.5 Å². The van der Waals surface area contributed by atoms with Crippen molar-refractivity contribution in [3.8, 4) is 0 Å². The minimum Gasteiger partial charge on any atom is -0.369 e. The lowest BCUT2D eigenvalue weighted by atomic mass is 10.2. The summed E-state index contributed by atoms with van der Waals surface area (Å²) < 4.78 is 2.08.